The third-order valence-corrected chi connectivity index (χ3v) is 10.9. The van der Waals surface area contributed by atoms with Gasteiger partial charge in [0.1, 0.15) is 12.1 Å². The molecule has 5 aliphatic rings. The zero-order valence-corrected chi connectivity index (χ0v) is 29.1. The maximum absolute atomic E-state index is 14.6. The molecule has 11 nitrogen and oxygen atoms in total. The first-order valence-corrected chi connectivity index (χ1v) is 17.9. The Labute approximate surface area is 287 Å². The quantitative estimate of drug-likeness (QED) is 0.302. The first kappa shape index (κ1) is 34.4. The van der Waals surface area contributed by atoms with Gasteiger partial charge < -0.3 is 25.7 Å². The molecule has 3 aliphatic carbocycles. The summed E-state index contributed by atoms with van der Waals surface area (Å²) in [5, 5.41) is 13.6. The molecule has 1 aromatic carbocycles. The lowest BCUT2D eigenvalue weighted by Crippen LogP contribution is -2.59. The number of likely N-dealkylation sites (tertiary alicyclic amines) is 1. The van der Waals surface area contributed by atoms with Crippen LogP contribution in [0.4, 0.5) is 0 Å². The fraction of sp³-hybridized carbons (Fsp3) is 0.667. The van der Waals surface area contributed by atoms with E-state index in [4.69, 9.17) is 16.4 Å². The lowest BCUT2D eigenvalue weighted by Gasteiger charge is -2.35. The van der Waals surface area contributed by atoms with Gasteiger partial charge in [0.25, 0.3) is 5.91 Å². The Morgan fingerprint density at radius 1 is 1.04 bits per heavy atom. The zero-order valence-electron chi connectivity index (χ0n) is 28.4. The molecule has 4 amide bonds. The molecule has 260 valence electrons. The number of carbonyl (C=O) groups excluding carboxylic acids is 5. The van der Waals surface area contributed by atoms with Gasteiger partial charge in [-0.05, 0) is 61.5 Å². The summed E-state index contributed by atoms with van der Waals surface area (Å²) in [6, 6.07) is 4.31. The third kappa shape index (κ3) is 7.26. The Morgan fingerprint density at radius 2 is 1.75 bits per heavy atom. The third-order valence-electron chi connectivity index (χ3n) is 10.7. The molecular weight excluding hydrogens is 634 g/mol. The molecule has 4 fully saturated rings. The second kappa shape index (κ2) is 13.4. The predicted molar refractivity (Wildman–Crippen MR) is 180 cm³/mol. The SMILES string of the molecule is CCC[C@H](NC(=O)[C@@H]1C[C@]2(CC(c3cccc(Cl)c3)=NO2)CN1C(=O)[C@@H](NC(=O)C1C2CCCCC21)C(C)(C)C)C(=O)C(=O)NC1CC1. The summed E-state index contributed by atoms with van der Waals surface area (Å²) in [7, 11) is 0. The number of carbonyl (C=O) groups is 5. The lowest BCUT2D eigenvalue weighted by molar-refractivity contribution is -0.145. The first-order valence-electron chi connectivity index (χ1n) is 17.6. The van der Waals surface area contributed by atoms with Crippen LogP contribution in [0.5, 0.6) is 0 Å². The number of nitrogens with zero attached hydrogens (tertiary/aromatic N) is 2. The molecule has 0 aromatic heterocycles. The number of hydrogen-bond donors (Lipinski definition) is 3. The van der Waals surface area contributed by atoms with E-state index in [1.807, 2.05) is 39.8 Å². The van der Waals surface area contributed by atoms with Crippen LogP contribution in [0.25, 0.3) is 0 Å². The van der Waals surface area contributed by atoms with Crippen LogP contribution >= 0.6 is 11.6 Å². The van der Waals surface area contributed by atoms with E-state index < -0.39 is 46.7 Å². The maximum Gasteiger partial charge on any atom is 0.289 e. The molecule has 1 saturated heterocycles. The van der Waals surface area contributed by atoms with Gasteiger partial charge in [-0.3, -0.25) is 24.0 Å². The van der Waals surface area contributed by atoms with E-state index >= 15 is 0 Å². The summed E-state index contributed by atoms with van der Waals surface area (Å²) in [5.41, 5.74) is -0.227. The summed E-state index contributed by atoms with van der Waals surface area (Å²) in [6.45, 7) is 7.63. The molecule has 12 heteroatoms. The minimum absolute atomic E-state index is 0.000400. The van der Waals surface area contributed by atoms with Gasteiger partial charge >= 0.3 is 0 Å². The molecule has 2 heterocycles. The summed E-state index contributed by atoms with van der Waals surface area (Å²) in [6.07, 6.45) is 7.28. The van der Waals surface area contributed by atoms with E-state index in [2.05, 4.69) is 21.1 Å². The van der Waals surface area contributed by atoms with Crippen molar-refractivity contribution < 1.29 is 28.8 Å². The van der Waals surface area contributed by atoms with Gasteiger partial charge in [0.2, 0.25) is 23.5 Å². The molecule has 0 radical (unpaired) electrons. The van der Waals surface area contributed by atoms with Crippen molar-refractivity contribution in [1.82, 2.24) is 20.9 Å². The Kier molecular flexibility index (Phi) is 9.63. The van der Waals surface area contributed by atoms with Crippen molar-refractivity contribution in [1.29, 1.82) is 0 Å². The van der Waals surface area contributed by atoms with E-state index in [0.717, 1.165) is 44.1 Å². The molecule has 6 rings (SSSR count). The standard InChI is InChI=1S/C36H48ClN5O6/c1-5-9-25(29(43)33(46)38-22-14-15-22)39-31(44)27-18-36(17-26(41-48-36)20-10-8-11-21(37)16-20)19-42(27)34(47)30(35(2,3)4)40-32(45)28-23-12-6-7-13-24(23)28/h8,10-11,16,22-25,27-28,30H,5-7,9,12-15,17-19H2,1-4H3,(H,38,46)(H,39,44)(H,40,45)/t23?,24?,25-,27-,28?,30+,36+/m0/s1. The van der Waals surface area contributed by atoms with E-state index in [-0.39, 0.29) is 43.2 Å². The summed E-state index contributed by atoms with van der Waals surface area (Å²) in [5.74, 6) is -1.76. The molecule has 2 unspecified atom stereocenters. The number of ketones is 1. The molecule has 2 aliphatic heterocycles. The number of amides is 4. The van der Waals surface area contributed by atoms with Gasteiger partial charge in [0.15, 0.2) is 5.60 Å². The Hall–Kier alpha value is -3.47. The Balaban J connectivity index is 1.24. The summed E-state index contributed by atoms with van der Waals surface area (Å²) in [4.78, 5) is 75.7. The number of Topliss-reactive ketones (excluding diaryl/α,β-unsaturated/α-hetero) is 1. The van der Waals surface area contributed by atoms with Crippen LogP contribution in [-0.4, -0.2) is 76.3 Å². The van der Waals surface area contributed by atoms with Crippen molar-refractivity contribution in [3.63, 3.8) is 0 Å². The Morgan fingerprint density at radius 3 is 2.38 bits per heavy atom. The molecule has 1 spiro atoms. The molecule has 48 heavy (non-hydrogen) atoms. The van der Waals surface area contributed by atoms with E-state index in [1.165, 1.54) is 4.90 Å². The molecule has 0 bridgehead atoms. The monoisotopic (exact) mass is 681 g/mol. The second-order valence-electron chi connectivity index (χ2n) is 15.6. The first-order chi connectivity index (χ1) is 22.8. The van der Waals surface area contributed by atoms with Crippen molar-refractivity contribution >= 4 is 46.7 Å². The highest BCUT2D eigenvalue weighted by Gasteiger charge is 2.58. The highest BCUT2D eigenvalue weighted by Crippen LogP contribution is 2.55. The smallest absolute Gasteiger partial charge is 0.289 e. The molecule has 3 saturated carbocycles. The maximum atomic E-state index is 14.6. The highest BCUT2D eigenvalue weighted by molar-refractivity contribution is 6.38. The number of halogens is 1. The van der Waals surface area contributed by atoms with Crippen molar-refractivity contribution in [3.8, 4) is 0 Å². The van der Waals surface area contributed by atoms with E-state index in [1.54, 1.807) is 12.1 Å². The average molecular weight is 682 g/mol. The van der Waals surface area contributed by atoms with Crippen LogP contribution in [0, 0.1) is 23.2 Å². The number of nitrogens with one attached hydrogen (secondary N) is 3. The molecule has 3 N–H and O–H groups in total. The number of oxime groups is 1. The van der Waals surface area contributed by atoms with Gasteiger partial charge in [-0.25, -0.2) is 0 Å². The van der Waals surface area contributed by atoms with Crippen LogP contribution < -0.4 is 16.0 Å². The van der Waals surface area contributed by atoms with Crippen molar-refractivity contribution in [2.24, 2.45) is 28.3 Å². The van der Waals surface area contributed by atoms with Gasteiger partial charge in [-0.1, -0.05) is 75.8 Å². The molecule has 6 atom stereocenters. The lowest BCUT2D eigenvalue weighted by atomic mass is 9.85. The van der Waals surface area contributed by atoms with Crippen LogP contribution in [0.15, 0.2) is 29.4 Å². The van der Waals surface area contributed by atoms with Crippen LogP contribution in [0.2, 0.25) is 5.02 Å². The van der Waals surface area contributed by atoms with E-state index in [0.29, 0.717) is 35.4 Å². The average Bonchev–Trinajstić information content (AvgIpc) is 3.93. The molecular formula is C36H48ClN5O6. The largest absolute Gasteiger partial charge is 0.387 e. The minimum Gasteiger partial charge on any atom is -0.387 e. The van der Waals surface area contributed by atoms with Crippen LogP contribution in [-0.2, 0) is 28.8 Å². The number of benzene rings is 1. The predicted octanol–water partition coefficient (Wildman–Crippen LogP) is 3.90. The van der Waals surface area contributed by atoms with Crippen molar-refractivity contribution in [2.45, 2.75) is 122 Å². The van der Waals surface area contributed by atoms with Crippen molar-refractivity contribution in [3.05, 3.63) is 34.9 Å². The Bertz CT molecular complexity index is 1490. The summed E-state index contributed by atoms with van der Waals surface area (Å²) >= 11 is 6.25. The van der Waals surface area contributed by atoms with Gasteiger partial charge in [-0.15, -0.1) is 0 Å². The minimum atomic E-state index is -1.03. The second-order valence-corrected chi connectivity index (χ2v) is 16.0. The van der Waals surface area contributed by atoms with E-state index in [9.17, 15) is 24.0 Å². The fourth-order valence-corrected chi connectivity index (χ4v) is 8.04. The van der Waals surface area contributed by atoms with Gasteiger partial charge in [0.05, 0.1) is 18.3 Å². The number of fused-ring (bicyclic) bond motifs is 1. The summed E-state index contributed by atoms with van der Waals surface area (Å²) < 4.78 is 0. The van der Waals surface area contributed by atoms with Gasteiger partial charge in [0, 0.05) is 35.4 Å². The zero-order chi connectivity index (χ0) is 34.4. The number of rotatable bonds is 11. The molecule has 1 aromatic rings. The number of hydrogen-bond acceptors (Lipinski definition) is 7. The fourth-order valence-electron chi connectivity index (χ4n) is 7.85. The topological polar surface area (TPSA) is 146 Å². The van der Waals surface area contributed by atoms with Gasteiger partial charge in [-0.2, -0.15) is 0 Å². The van der Waals surface area contributed by atoms with Crippen molar-refractivity contribution in [2.75, 3.05) is 6.54 Å². The van der Waals surface area contributed by atoms with Crippen LogP contribution in [0.1, 0.15) is 97.5 Å². The normalized spacial score (nSPS) is 28.9. The van der Waals surface area contributed by atoms with Crippen LogP contribution in [0.3, 0.4) is 0 Å². The highest BCUT2D eigenvalue weighted by atomic mass is 35.5.